The Hall–Kier alpha value is -1.63. The van der Waals surface area contributed by atoms with E-state index < -0.39 is 0 Å². The SMILES string of the molecule is CC(CCNc1ccc(C#N)nn1)CC(C)(C)C. The molecule has 0 bridgehead atoms. The van der Waals surface area contributed by atoms with Crippen LogP contribution < -0.4 is 5.32 Å². The minimum absolute atomic E-state index is 0.349. The Labute approximate surface area is 109 Å². The predicted octanol–water partition coefficient (Wildman–Crippen LogP) is 3.22. The van der Waals surface area contributed by atoms with Crippen LogP contribution in [0.3, 0.4) is 0 Å². The average Bonchev–Trinajstić information content (AvgIpc) is 2.27. The van der Waals surface area contributed by atoms with Crippen LogP contribution in [0.15, 0.2) is 12.1 Å². The zero-order chi connectivity index (χ0) is 13.6. The van der Waals surface area contributed by atoms with Gasteiger partial charge in [-0.2, -0.15) is 5.26 Å². The normalized spacial score (nSPS) is 12.8. The van der Waals surface area contributed by atoms with Gasteiger partial charge in [0.15, 0.2) is 5.69 Å². The number of rotatable bonds is 5. The van der Waals surface area contributed by atoms with Crippen molar-refractivity contribution in [3.05, 3.63) is 17.8 Å². The molecule has 1 N–H and O–H groups in total. The molecule has 1 aromatic rings. The molecule has 4 heteroatoms. The van der Waals surface area contributed by atoms with Crippen LogP contribution in [0.1, 0.15) is 46.2 Å². The van der Waals surface area contributed by atoms with Crippen LogP contribution >= 0.6 is 0 Å². The summed E-state index contributed by atoms with van der Waals surface area (Å²) in [6.45, 7) is 9.96. The lowest BCUT2D eigenvalue weighted by Gasteiger charge is -2.23. The maximum absolute atomic E-state index is 8.61. The number of anilines is 1. The van der Waals surface area contributed by atoms with Gasteiger partial charge in [0.2, 0.25) is 0 Å². The van der Waals surface area contributed by atoms with Crippen LogP contribution in [0.5, 0.6) is 0 Å². The number of nitrogens with zero attached hydrogens (tertiary/aromatic N) is 3. The van der Waals surface area contributed by atoms with Crippen molar-refractivity contribution in [3.8, 4) is 6.07 Å². The molecule has 0 aliphatic rings. The second-order valence-corrected chi connectivity index (χ2v) is 6.00. The largest absolute Gasteiger partial charge is 0.369 e. The van der Waals surface area contributed by atoms with E-state index in [1.54, 1.807) is 12.1 Å². The molecule has 4 nitrogen and oxygen atoms in total. The summed E-state index contributed by atoms with van der Waals surface area (Å²) in [6.07, 6.45) is 2.33. The summed E-state index contributed by atoms with van der Waals surface area (Å²) in [5.41, 5.74) is 0.731. The average molecular weight is 246 g/mol. The molecule has 1 rings (SSSR count). The number of nitrogens with one attached hydrogen (secondary N) is 1. The molecule has 0 aliphatic carbocycles. The van der Waals surface area contributed by atoms with E-state index in [1.165, 1.54) is 6.42 Å². The Balaban J connectivity index is 2.31. The molecule has 1 unspecified atom stereocenters. The Morgan fingerprint density at radius 2 is 2.06 bits per heavy atom. The third kappa shape index (κ3) is 5.62. The van der Waals surface area contributed by atoms with E-state index in [0.29, 0.717) is 17.0 Å². The molecular formula is C14H22N4. The summed E-state index contributed by atoms with van der Waals surface area (Å²) in [7, 11) is 0. The smallest absolute Gasteiger partial charge is 0.163 e. The summed E-state index contributed by atoms with van der Waals surface area (Å²) in [4.78, 5) is 0. The van der Waals surface area contributed by atoms with Crippen molar-refractivity contribution in [2.24, 2.45) is 11.3 Å². The van der Waals surface area contributed by atoms with Gasteiger partial charge < -0.3 is 5.32 Å². The maximum atomic E-state index is 8.61. The number of nitriles is 1. The highest BCUT2D eigenvalue weighted by atomic mass is 15.2. The zero-order valence-corrected chi connectivity index (χ0v) is 11.7. The molecule has 98 valence electrons. The first-order chi connectivity index (χ1) is 8.40. The highest BCUT2D eigenvalue weighted by Crippen LogP contribution is 2.25. The lowest BCUT2D eigenvalue weighted by atomic mass is 9.84. The van der Waals surface area contributed by atoms with Gasteiger partial charge >= 0.3 is 0 Å². The van der Waals surface area contributed by atoms with Crippen molar-refractivity contribution >= 4 is 5.82 Å². The summed E-state index contributed by atoms with van der Waals surface area (Å²) in [5, 5.41) is 19.6. The molecule has 0 fully saturated rings. The minimum Gasteiger partial charge on any atom is -0.369 e. The molecule has 18 heavy (non-hydrogen) atoms. The lowest BCUT2D eigenvalue weighted by molar-refractivity contribution is 0.300. The van der Waals surface area contributed by atoms with Crippen molar-refractivity contribution in [1.82, 2.24) is 10.2 Å². The van der Waals surface area contributed by atoms with E-state index in [1.807, 2.05) is 6.07 Å². The van der Waals surface area contributed by atoms with Crippen molar-refractivity contribution in [3.63, 3.8) is 0 Å². The minimum atomic E-state index is 0.349. The van der Waals surface area contributed by atoms with Crippen LogP contribution in [-0.2, 0) is 0 Å². The fourth-order valence-electron chi connectivity index (χ4n) is 2.08. The Bertz CT molecular complexity index is 397. The first-order valence-corrected chi connectivity index (χ1v) is 6.38. The second-order valence-electron chi connectivity index (χ2n) is 6.00. The van der Waals surface area contributed by atoms with Gasteiger partial charge in [0.1, 0.15) is 11.9 Å². The number of aromatic nitrogens is 2. The molecule has 0 amide bonds. The molecular weight excluding hydrogens is 224 g/mol. The molecule has 0 radical (unpaired) electrons. The fourth-order valence-corrected chi connectivity index (χ4v) is 2.08. The predicted molar refractivity (Wildman–Crippen MR) is 73.1 cm³/mol. The molecule has 1 aromatic heterocycles. The monoisotopic (exact) mass is 246 g/mol. The highest BCUT2D eigenvalue weighted by molar-refractivity contribution is 5.34. The first kappa shape index (κ1) is 14.4. The van der Waals surface area contributed by atoms with Gasteiger partial charge in [0.05, 0.1) is 0 Å². The molecule has 0 saturated carbocycles. The third-order valence-electron chi connectivity index (χ3n) is 2.68. The number of hydrogen-bond donors (Lipinski definition) is 1. The van der Waals surface area contributed by atoms with E-state index in [4.69, 9.17) is 5.26 Å². The standard InChI is InChI=1S/C14H22N4/c1-11(9-14(2,3)4)7-8-16-13-6-5-12(10-15)17-18-13/h5-6,11H,7-9H2,1-4H3,(H,16,18). The van der Waals surface area contributed by atoms with Crippen LogP contribution in [0.2, 0.25) is 0 Å². The van der Waals surface area contributed by atoms with Crippen LogP contribution in [0, 0.1) is 22.7 Å². The third-order valence-corrected chi connectivity index (χ3v) is 2.68. The quantitative estimate of drug-likeness (QED) is 0.866. The first-order valence-electron chi connectivity index (χ1n) is 6.38. The van der Waals surface area contributed by atoms with Gasteiger partial charge in [-0.3, -0.25) is 0 Å². The number of hydrogen-bond acceptors (Lipinski definition) is 4. The van der Waals surface area contributed by atoms with Gasteiger partial charge in [-0.15, -0.1) is 10.2 Å². The van der Waals surface area contributed by atoms with E-state index in [0.717, 1.165) is 18.8 Å². The van der Waals surface area contributed by atoms with Gasteiger partial charge in [-0.05, 0) is 36.3 Å². The van der Waals surface area contributed by atoms with Crippen LogP contribution in [0.25, 0.3) is 0 Å². The van der Waals surface area contributed by atoms with Gasteiger partial charge in [-0.1, -0.05) is 27.7 Å². The molecule has 0 aromatic carbocycles. The maximum Gasteiger partial charge on any atom is 0.163 e. The molecule has 1 heterocycles. The zero-order valence-electron chi connectivity index (χ0n) is 11.7. The van der Waals surface area contributed by atoms with E-state index >= 15 is 0 Å². The highest BCUT2D eigenvalue weighted by Gasteiger charge is 2.14. The van der Waals surface area contributed by atoms with Gasteiger partial charge in [-0.25, -0.2) is 0 Å². The molecule has 0 aliphatic heterocycles. The van der Waals surface area contributed by atoms with Gasteiger partial charge in [0.25, 0.3) is 0 Å². The molecule has 0 spiro atoms. The molecule has 0 saturated heterocycles. The van der Waals surface area contributed by atoms with E-state index in [9.17, 15) is 0 Å². The molecule has 1 atom stereocenters. The Kier molecular flexibility index (Phi) is 5.08. The van der Waals surface area contributed by atoms with Crippen molar-refractivity contribution in [1.29, 1.82) is 5.26 Å². The topological polar surface area (TPSA) is 61.6 Å². The van der Waals surface area contributed by atoms with Crippen LogP contribution in [-0.4, -0.2) is 16.7 Å². The van der Waals surface area contributed by atoms with E-state index in [-0.39, 0.29) is 0 Å². The van der Waals surface area contributed by atoms with E-state index in [2.05, 4.69) is 43.2 Å². The summed E-state index contributed by atoms with van der Waals surface area (Å²) in [5.74, 6) is 1.42. The second kappa shape index (κ2) is 6.34. The van der Waals surface area contributed by atoms with Crippen LogP contribution in [0.4, 0.5) is 5.82 Å². The van der Waals surface area contributed by atoms with Crippen molar-refractivity contribution in [2.45, 2.75) is 40.5 Å². The van der Waals surface area contributed by atoms with Crippen molar-refractivity contribution < 1.29 is 0 Å². The summed E-state index contributed by atoms with van der Waals surface area (Å²) >= 11 is 0. The fraction of sp³-hybridized carbons (Fsp3) is 0.643. The lowest BCUT2D eigenvalue weighted by Crippen LogP contribution is -2.14. The van der Waals surface area contributed by atoms with Gasteiger partial charge in [0, 0.05) is 6.54 Å². The van der Waals surface area contributed by atoms with Crippen molar-refractivity contribution in [2.75, 3.05) is 11.9 Å². The Morgan fingerprint density at radius 3 is 2.56 bits per heavy atom. The summed E-state index contributed by atoms with van der Waals surface area (Å²) in [6, 6.07) is 5.42. The Morgan fingerprint density at radius 1 is 1.33 bits per heavy atom. The summed E-state index contributed by atoms with van der Waals surface area (Å²) < 4.78 is 0.